The van der Waals surface area contributed by atoms with E-state index in [0.29, 0.717) is 0 Å². The van der Waals surface area contributed by atoms with Gasteiger partial charge in [-0.25, -0.2) is 17.2 Å². The lowest BCUT2D eigenvalue weighted by Crippen LogP contribution is -2.40. The number of hydrogen-bond acceptors (Lipinski definition) is 4. The Labute approximate surface area is 156 Å². The summed E-state index contributed by atoms with van der Waals surface area (Å²) in [4.78, 5) is 11.6. The lowest BCUT2D eigenvalue weighted by atomic mass is 10.3. The summed E-state index contributed by atoms with van der Waals surface area (Å²) in [5.74, 6) is -2.08. The van der Waals surface area contributed by atoms with Crippen LogP contribution < -0.4 is 14.8 Å². The van der Waals surface area contributed by atoms with Crippen molar-refractivity contribution >= 4 is 21.6 Å². The Bertz CT molecular complexity index is 895. The second-order valence-corrected chi connectivity index (χ2v) is 7.78. The van der Waals surface area contributed by atoms with Crippen molar-refractivity contribution < 1.29 is 26.7 Å². The average molecular weight is 398 g/mol. The lowest BCUT2D eigenvalue weighted by Gasteiger charge is -2.16. The summed E-state index contributed by atoms with van der Waals surface area (Å²) in [7, 11) is -4.20. The van der Waals surface area contributed by atoms with E-state index in [1.807, 2.05) is 18.6 Å². The second-order valence-electron chi connectivity index (χ2n) is 6.10. The highest BCUT2D eigenvalue weighted by Gasteiger charge is 2.20. The Hall–Kier alpha value is -2.68. The van der Waals surface area contributed by atoms with Gasteiger partial charge in [0.2, 0.25) is 0 Å². The van der Waals surface area contributed by atoms with Gasteiger partial charge in [0.15, 0.2) is 6.10 Å². The van der Waals surface area contributed by atoms with Crippen molar-refractivity contribution in [3.05, 3.63) is 54.1 Å². The number of carbonyl (C=O) groups is 1. The smallest absolute Gasteiger partial charge is 0.262 e. The molecule has 2 N–H and O–H groups in total. The molecule has 146 valence electrons. The molecule has 1 atom stereocenters. The van der Waals surface area contributed by atoms with E-state index < -0.39 is 33.4 Å². The number of anilines is 1. The highest BCUT2D eigenvalue weighted by atomic mass is 32.2. The fraction of sp³-hybridized carbons (Fsp3) is 0.278. The SMILES string of the molecule is CC(C)NC(=O)[C@H](C)Oc1ccc(S(=O)(=O)Nc2c(F)cccc2F)cc1. The van der Waals surface area contributed by atoms with Gasteiger partial charge < -0.3 is 10.1 Å². The van der Waals surface area contributed by atoms with Crippen LogP contribution in [-0.4, -0.2) is 26.5 Å². The van der Waals surface area contributed by atoms with Gasteiger partial charge in [0.1, 0.15) is 23.1 Å². The molecule has 2 aromatic rings. The molecule has 0 radical (unpaired) electrons. The predicted octanol–water partition coefficient (Wildman–Crippen LogP) is 3.06. The van der Waals surface area contributed by atoms with E-state index in [4.69, 9.17) is 4.74 Å². The monoisotopic (exact) mass is 398 g/mol. The molecule has 2 rings (SSSR count). The molecule has 0 aromatic heterocycles. The minimum atomic E-state index is -4.20. The van der Waals surface area contributed by atoms with Gasteiger partial charge >= 0.3 is 0 Å². The van der Waals surface area contributed by atoms with Crippen LogP contribution in [-0.2, 0) is 14.8 Å². The highest BCUT2D eigenvalue weighted by Crippen LogP contribution is 2.23. The summed E-state index contributed by atoms with van der Waals surface area (Å²) in [6.07, 6.45) is -0.777. The van der Waals surface area contributed by atoms with Crippen LogP contribution in [0.2, 0.25) is 0 Å². The van der Waals surface area contributed by atoms with Crippen molar-refractivity contribution in [3.8, 4) is 5.75 Å². The Morgan fingerprint density at radius 3 is 2.07 bits per heavy atom. The van der Waals surface area contributed by atoms with Crippen molar-refractivity contribution in [2.75, 3.05) is 4.72 Å². The topological polar surface area (TPSA) is 84.5 Å². The molecule has 6 nitrogen and oxygen atoms in total. The maximum atomic E-state index is 13.6. The summed E-state index contributed by atoms with van der Waals surface area (Å²) in [5, 5.41) is 2.70. The third kappa shape index (κ3) is 5.40. The van der Waals surface area contributed by atoms with E-state index in [2.05, 4.69) is 5.32 Å². The van der Waals surface area contributed by atoms with E-state index in [-0.39, 0.29) is 22.6 Å². The molecule has 0 saturated carbocycles. The standard InChI is InChI=1S/C18H20F2N2O4S/c1-11(2)21-18(23)12(3)26-13-7-9-14(10-8-13)27(24,25)22-17-15(19)5-4-6-16(17)20/h4-12,22H,1-3H3,(H,21,23)/t12-/m0/s1. The predicted molar refractivity (Wildman–Crippen MR) is 97.0 cm³/mol. The summed E-state index contributed by atoms with van der Waals surface area (Å²) >= 11 is 0. The van der Waals surface area contributed by atoms with Gasteiger partial charge in [-0.3, -0.25) is 9.52 Å². The van der Waals surface area contributed by atoms with Crippen LogP contribution in [0.4, 0.5) is 14.5 Å². The van der Waals surface area contributed by atoms with Gasteiger partial charge in [-0.1, -0.05) is 6.07 Å². The van der Waals surface area contributed by atoms with Crippen molar-refractivity contribution in [1.29, 1.82) is 0 Å². The number of hydrogen-bond donors (Lipinski definition) is 2. The number of amides is 1. The number of sulfonamides is 1. The van der Waals surface area contributed by atoms with Crippen LogP contribution in [0.3, 0.4) is 0 Å². The largest absolute Gasteiger partial charge is 0.481 e. The Morgan fingerprint density at radius 2 is 1.56 bits per heavy atom. The summed E-state index contributed by atoms with van der Waals surface area (Å²) in [5.41, 5.74) is -0.753. The quantitative estimate of drug-likeness (QED) is 0.751. The van der Waals surface area contributed by atoms with E-state index >= 15 is 0 Å². The lowest BCUT2D eigenvalue weighted by molar-refractivity contribution is -0.127. The number of para-hydroxylation sites is 1. The van der Waals surface area contributed by atoms with Crippen LogP contribution in [0.1, 0.15) is 20.8 Å². The number of nitrogens with one attached hydrogen (secondary N) is 2. The van der Waals surface area contributed by atoms with E-state index in [9.17, 15) is 22.0 Å². The van der Waals surface area contributed by atoms with Crippen molar-refractivity contribution in [3.63, 3.8) is 0 Å². The minimum Gasteiger partial charge on any atom is -0.481 e. The minimum absolute atomic E-state index is 0.0408. The van der Waals surface area contributed by atoms with Gasteiger partial charge in [-0.15, -0.1) is 0 Å². The van der Waals surface area contributed by atoms with Crippen LogP contribution in [0.5, 0.6) is 5.75 Å². The first-order valence-corrected chi connectivity index (χ1v) is 9.62. The average Bonchev–Trinajstić information content (AvgIpc) is 2.58. The van der Waals surface area contributed by atoms with Gasteiger partial charge in [0, 0.05) is 6.04 Å². The summed E-state index contributed by atoms with van der Waals surface area (Å²) < 4.78 is 59.3. The van der Waals surface area contributed by atoms with Crippen molar-refractivity contribution in [1.82, 2.24) is 5.32 Å². The molecule has 1 amide bonds. The molecule has 0 fully saturated rings. The molecule has 27 heavy (non-hydrogen) atoms. The summed E-state index contributed by atoms with van der Waals surface area (Å²) in [6.45, 7) is 5.19. The van der Waals surface area contributed by atoms with Gasteiger partial charge in [0.05, 0.1) is 4.90 Å². The van der Waals surface area contributed by atoms with Gasteiger partial charge in [-0.2, -0.15) is 0 Å². The Kier molecular flexibility index (Phi) is 6.37. The van der Waals surface area contributed by atoms with Crippen LogP contribution in [0.25, 0.3) is 0 Å². The zero-order valence-electron chi connectivity index (χ0n) is 15.0. The van der Waals surface area contributed by atoms with E-state index in [1.54, 1.807) is 6.92 Å². The fourth-order valence-corrected chi connectivity index (χ4v) is 3.22. The van der Waals surface area contributed by atoms with Crippen molar-refractivity contribution in [2.45, 2.75) is 37.8 Å². The molecular formula is C18H20F2N2O4S. The van der Waals surface area contributed by atoms with Crippen LogP contribution in [0.15, 0.2) is 47.4 Å². The molecule has 0 unspecified atom stereocenters. The van der Waals surface area contributed by atoms with Gasteiger partial charge in [0.25, 0.3) is 15.9 Å². The molecule has 0 aliphatic carbocycles. The maximum Gasteiger partial charge on any atom is 0.262 e. The Balaban J connectivity index is 2.13. The number of carbonyl (C=O) groups excluding carboxylic acids is 1. The van der Waals surface area contributed by atoms with Gasteiger partial charge in [-0.05, 0) is 57.2 Å². The van der Waals surface area contributed by atoms with Crippen molar-refractivity contribution in [2.24, 2.45) is 0 Å². The molecule has 2 aromatic carbocycles. The highest BCUT2D eigenvalue weighted by molar-refractivity contribution is 7.92. The molecule has 0 heterocycles. The first-order valence-electron chi connectivity index (χ1n) is 8.14. The van der Waals surface area contributed by atoms with Crippen LogP contribution in [0, 0.1) is 11.6 Å². The first kappa shape index (κ1) is 20.6. The fourth-order valence-electron chi connectivity index (χ4n) is 2.15. The zero-order valence-corrected chi connectivity index (χ0v) is 15.8. The second kappa shape index (κ2) is 8.34. The number of ether oxygens (including phenoxy) is 1. The molecule has 9 heteroatoms. The number of halogens is 2. The molecular weight excluding hydrogens is 378 g/mol. The zero-order chi connectivity index (χ0) is 20.2. The normalized spacial score (nSPS) is 12.5. The third-order valence-electron chi connectivity index (χ3n) is 3.45. The molecule has 0 aliphatic heterocycles. The number of rotatable bonds is 7. The molecule has 0 saturated heterocycles. The third-order valence-corrected chi connectivity index (χ3v) is 4.81. The molecule has 0 aliphatic rings. The first-order chi connectivity index (χ1) is 12.6. The number of benzene rings is 2. The summed E-state index contributed by atoms with van der Waals surface area (Å²) in [6, 6.07) is 8.11. The van der Waals surface area contributed by atoms with E-state index in [1.165, 1.54) is 24.3 Å². The Morgan fingerprint density at radius 1 is 1.00 bits per heavy atom. The molecule has 0 bridgehead atoms. The molecule has 0 spiro atoms. The van der Waals surface area contributed by atoms with E-state index in [0.717, 1.165) is 18.2 Å². The maximum absolute atomic E-state index is 13.6. The van der Waals surface area contributed by atoms with Crippen LogP contribution >= 0.6 is 0 Å².